The van der Waals surface area contributed by atoms with Crippen molar-refractivity contribution in [2.45, 2.75) is 45.8 Å². The van der Waals surface area contributed by atoms with Gasteiger partial charge in [0.2, 0.25) is 0 Å². The summed E-state index contributed by atoms with van der Waals surface area (Å²) in [6.45, 7) is 13.6. The van der Waals surface area contributed by atoms with Crippen LogP contribution < -0.4 is 5.19 Å². The first kappa shape index (κ1) is 10.5. The molecule has 13 heavy (non-hydrogen) atoms. The van der Waals surface area contributed by atoms with Crippen LogP contribution >= 0.6 is 0 Å². The maximum atomic E-state index is 5.13. The van der Waals surface area contributed by atoms with Crippen molar-refractivity contribution in [2.24, 2.45) is 0 Å². The summed E-state index contributed by atoms with van der Waals surface area (Å²) in [5.41, 5.74) is 0. The highest BCUT2D eigenvalue weighted by atomic mass is 28.3. The highest BCUT2D eigenvalue weighted by Crippen LogP contribution is 2.35. The Bertz CT molecular complexity index is 296. The topological polar surface area (TPSA) is 26.0 Å². The number of nitrogens with zero attached hydrogens (tertiary/aromatic N) is 1. The predicted octanol–water partition coefficient (Wildman–Crippen LogP) is 2.70. The minimum atomic E-state index is -1.43. The average molecular weight is 197 g/mol. The Labute approximate surface area is 81.3 Å². The van der Waals surface area contributed by atoms with E-state index in [0.29, 0.717) is 5.04 Å². The second-order valence-corrected chi connectivity index (χ2v) is 10.5. The van der Waals surface area contributed by atoms with Gasteiger partial charge in [-0.3, -0.25) is 0 Å². The molecule has 1 heterocycles. The lowest BCUT2D eigenvalue weighted by Gasteiger charge is -2.36. The molecule has 0 radical (unpaired) electrons. The molecule has 0 aliphatic carbocycles. The van der Waals surface area contributed by atoms with Gasteiger partial charge >= 0.3 is 0 Å². The number of hydrogen-bond donors (Lipinski definition) is 0. The maximum Gasteiger partial charge on any atom is 0.132 e. The largest absolute Gasteiger partial charge is 0.362 e. The minimum Gasteiger partial charge on any atom is -0.362 e. The van der Waals surface area contributed by atoms with Crippen LogP contribution in [0.15, 0.2) is 10.7 Å². The number of hydrogen-bond acceptors (Lipinski definition) is 2. The molecule has 1 aromatic rings. The molecule has 0 aromatic carbocycles. The molecule has 0 fully saturated rings. The van der Waals surface area contributed by atoms with E-state index in [0.717, 1.165) is 5.76 Å². The van der Waals surface area contributed by atoms with Crippen molar-refractivity contribution in [2.75, 3.05) is 0 Å². The molecular formula is C10H19NOSi. The second kappa shape index (κ2) is 2.98. The third kappa shape index (κ3) is 1.70. The summed E-state index contributed by atoms with van der Waals surface area (Å²) in [5.74, 6) is 0.992. The molecule has 0 aliphatic heterocycles. The normalized spacial score (nSPS) is 13.4. The van der Waals surface area contributed by atoms with E-state index in [1.54, 1.807) is 0 Å². The number of rotatable bonds is 1. The molecule has 0 spiro atoms. The van der Waals surface area contributed by atoms with Gasteiger partial charge in [-0.1, -0.05) is 39.0 Å². The Morgan fingerprint density at radius 3 is 2.15 bits per heavy atom. The van der Waals surface area contributed by atoms with Crippen molar-refractivity contribution in [3.63, 3.8) is 0 Å². The van der Waals surface area contributed by atoms with E-state index in [4.69, 9.17) is 4.52 Å². The molecule has 2 nitrogen and oxygen atoms in total. The lowest BCUT2D eigenvalue weighted by molar-refractivity contribution is 0.398. The molecule has 0 amide bonds. The van der Waals surface area contributed by atoms with Crippen LogP contribution in [0.1, 0.15) is 26.5 Å². The molecular weight excluding hydrogens is 178 g/mol. The van der Waals surface area contributed by atoms with Gasteiger partial charge in [-0.25, -0.2) is 0 Å². The standard InChI is InChI=1S/C10H19NOSi/c1-8-9(7-11-12-8)13(5,6)10(2,3)4/h7H,1-6H3. The van der Waals surface area contributed by atoms with E-state index in [1.807, 2.05) is 13.1 Å². The third-order valence-corrected chi connectivity index (χ3v) is 8.88. The van der Waals surface area contributed by atoms with Gasteiger partial charge in [0.1, 0.15) is 5.76 Å². The van der Waals surface area contributed by atoms with Crippen LogP contribution in [0.25, 0.3) is 0 Å². The van der Waals surface area contributed by atoms with E-state index in [9.17, 15) is 0 Å². The van der Waals surface area contributed by atoms with Crippen molar-refractivity contribution in [1.82, 2.24) is 5.16 Å². The van der Waals surface area contributed by atoms with Crippen LogP contribution in [0.5, 0.6) is 0 Å². The minimum absolute atomic E-state index is 0.351. The Hall–Kier alpha value is -0.573. The lowest BCUT2D eigenvalue weighted by atomic mass is 10.2. The third-order valence-electron chi connectivity index (χ3n) is 3.30. The van der Waals surface area contributed by atoms with Crippen molar-refractivity contribution in [3.8, 4) is 0 Å². The first-order valence-electron chi connectivity index (χ1n) is 4.68. The van der Waals surface area contributed by atoms with Crippen LogP contribution in [-0.4, -0.2) is 13.2 Å². The van der Waals surface area contributed by atoms with E-state index >= 15 is 0 Å². The molecule has 3 heteroatoms. The van der Waals surface area contributed by atoms with E-state index in [2.05, 4.69) is 39.0 Å². The quantitative estimate of drug-likeness (QED) is 0.647. The van der Waals surface area contributed by atoms with E-state index < -0.39 is 8.07 Å². The SMILES string of the molecule is Cc1oncc1[Si](C)(C)C(C)(C)C. The monoisotopic (exact) mass is 197 g/mol. The first-order chi connectivity index (χ1) is 5.77. The molecule has 1 rings (SSSR count). The summed E-state index contributed by atoms with van der Waals surface area (Å²) in [6.07, 6.45) is 1.90. The molecule has 74 valence electrons. The Morgan fingerprint density at radius 1 is 1.31 bits per heavy atom. The Kier molecular flexibility index (Phi) is 2.41. The highest BCUT2D eigenvalue weighted by Gasteiger charge is 2.39. The van der Waals surface area contributed by atoms with Crippen molar-refractivity contribution >= 4 is 13.3 Å². The smallest absolute Gasteiger partial charge is 0.132 e. The fourth-order valence-electron chi connectivity index (χ4n) is 1.30. The summed E-state index contributed by atoms with van der Waals surface area (Å²) in [6, 6.07) is 0. The van der Waals surface area contributed by atoms with Crippen LogP contribution in [0.3, 0.4) is 0 Å². The summed E-state index contributed by atoms with van der Waals surface area (Å²) in [7, 11) is -1.43. The van der Waals surface area contributed by atoms with Gasteiger partial charge in [0.25, 0.3) is 0 Å². The zero-order chi connectivity index (χ0) is 10.3. The van der Waals surface area contributed by atoms with Crippen molar-refractivity contribution in [1.29, 1.82) is 0 Å². The Balaban J connectivity index is 3.15. The molecule has 0 saturated carbocycles. The van der Waals surface area contributed by atoms with Gasteiger partial charge < -0.3 is 4.52 Å². The van der Waals surface area contributed by atoms with E-state index in [1.165, 1.54) is 5.19 Å². The highest BCUT2D eigenvalue weighted by molar-refractivity contribution is 6.92. The fraction of sp³-hybridized carbons (Fsp3) is 0.700. The maximum absolute atomic E-state index is 5.13. The molecule has 0 atom stereocenters. The van der Waals surface area contributed by atoms with Crippen molar-refractivity contribution in [3.05, 3.63) is 12.0 Å². The average Bonchev–Trinajstić information content (AvgIpc) is 2.32. The summed E-state index contributed by atoms with van der Waals surface area (Å²) < 4.78 is 5.13. The van der Waals surface area contributed by atoms with Crippen LogP contribution in [0.4, 0.5) is 0 Å². The first-order valence-corrected chi connectivity index (χ1v) is 7.68. The molecule has 0 saturated heterocycles. The molecule has 0 N–H and O–H groups in total. The van der Waals surface area contributed by atoms with Gasteiger partial charge in [-0.2, -0.15) is 0 Å². The van der Waals surface area contributed by atoms with Gasteiger partial charge in [0.05, 0.1) is 14.3 Å². The second-order valence-electron chi connectivity index (χ2n) is 5.17. The molecule has 0 bridgehead atoms. The lowest BCUT2D eigenvalue weighted by Crippen LogP contribution is -2.49. The van der Waals surface area contributed by atoms with Gasteiger partial charge in [-0.05, 0) is 12.0 Å². The van der Waals surface area contributed by atoms with Crippen LogP contribution in [-0.2, 0) is 0 Å². The molecule has 1 aromatic heterocycles. The van der Waals surface area contributed by atoms with Crippen LogP contribution in [0, 0.1) is 6.92 Å². The summed E-state index contributed by atoms with van der Waals surface area (Å²) in [5, 5.41) is 5.56. The molecule has 0 unspecified atom stereocenters. The zero-order valence-corrected chi connectivity index (χ0v) is 10.4. The van der Waals surface area contributed by atoms with Crippen molar-refractivity contribution < 1.29 is 4.52 Å². The van der Waals surface area contributed by atoms with Crippen LogP contribution in [0.2, 0.25) is 18.1 Å². The van der Waals surface area contributed by atoms with Gasteiger partial charge in [0, 0.05) is 5.19 Å². The summed E-state index contributed by atoms with van der Waals surface area (Å²) in [4.78, 5) is 0. The van der Waals surface area contributed by atoms with Gasteiger partial charge in [0.15, 0.2) is 0 Å². The fourth-order valence-corrected chi connectivity index (χ4v) is 3.41. The molecule has 0 aliphatic rings. The number of aryl methyl sites for hydroxylation is 1. The predicted molar refractivity (Wildman–Crippen MR) is 58.1 cm³/mol. The van der Waals surface area contributed by atoms with E-state index in [-0.39, 0.29) is 0 Å². The summed E-state index contributed by atoms with van der Waals surface area (Å²) >= 11 is 0. The zero-order valence-electron chi connectivity index (χ0n) is 9.43. The van der Waals surface area contributed by atoms with Gasteiger partial charge in [-0.15, -0.1) is 0 Å². The Morgan fingerprint density at radius 2 is 1.85 bits per heavy atom. The number of aromatic nitrogens is 1.